The number of hydrogen-bond donors (Lipinski definition) is 0. The molecule has 0 atom stereocenters. The second-order valence-corrected chi connectivity index (χ2v) is 7.08. The lowest BCUT2D eigenvalue weighted by atomic mass is 9.78. The summed E-state index contributed by atoms with van der Waals surface area (Å²) in [5, 5.41) is 9.19. The zero-order valence-electron chi connectivity index (χ0n) is 15.8. The van der Waals surface area contributed by atoms with Gasteiger partial charge in [0.25, 0.3) is 0 Å². The van der Waals surface area contributed by atoms with Crippen LogP contribution in [0.3, 0.4) is 0 Å². The highest BCUT2D eigenvalue weighted by Gasteiger charge is 2.22. The van der Waals surface area contributed by atoms with E-state index in [-0.39, 0.29) is 5.41 Å². The van der Waals surface area contributed by atoms with E-state index in [1.54, 1.807) is 18.2 Å². The lowest BCUT2D eigenvalue weighted by molar-refractivity contribution is 0.481. The lowest BCUT2D eigenvalue weighted by Gasteiger charge is -2.26. The van der Waals surface area contributed by atoms with E-state index in [0.29, 0.717) is 16.9 Å². The van der Waals surface area contributed by atoms with Gasteiger partial charge in [-0.15, -0.1) is 6.42 Å². The minimum atomic E-state index is -0.103. The Hall–Kier alpha value is -3.49. The molecule has 0 fully saturated rings. The SMILES string of the molecule is C#Cc1ccc(Oc2ccc(C(C)(C)c3ccc(C)cc3)cc2)cc1C#N. The van der Waals surface area contributed by atoms with Crippen molar-refractivity contribution < 1.29 is 4.74 Å². The maximum Gasteiger partial charge on any atom is 0.128 e. The van der Waals surface area contributed by atoms with Crippen molar-refractivity contribution in [2.75, 3.05) is 0 Å². The monoisotopic (exact) mass is 351 g/mol. The fourth-order valence-corrected chi connectivity index (χ4v) is 3.02. The summed E-state index contributed by atoms with van der Waals surface area (Å²) in [6, 6.07) is 24.0. The zero-order chi connectivity index (χ0) is 19.4. The summed E-state index contributed by atoms with van der Waals surface area (Å²) in [5.41, 5.74) is 4.64. The molecule has 0 aromatic heterocycles. The molecule has 132 valence electrons. The summed E-state index contributed by atoms with van der Waals surface area (Å²) in [5.74, 6) is 3.81. The smallest absolute Gasteiger partial charge is 0.128 e. The molecule has 0 aliphatic rings. The lowest BCUT2D eigenvalue weighted by Crippen LogP contribution is -2.18. The summed E-state index contributed by atoms with van der Waals surface area (Å²) in [6.45, 7) is 6.52. The molecule has 0 unspecified atom stereocenters. The van der Waals surface area contributed by atoms with Crippen molar-refractivity contribution in [1.82, 2.24) is 0 Å². The fourth-order valence-electron chi connectivity index (χ4n) is 3.02. The van der Waals surface area contributed by atoms with Gasteiger partial charge in [0.1, 0.15) is 17.6 Å². The second-order valence-electron chi connectivity index (χ2n) is 7.08. The van der Waals surface area contributed by atoms with E-state index >= 15 is 0 Å². The van der Waals surface area contributed by atoms with Crippen LogP contribution >= 0.6 is 0 Å². The molecule has 0 saturated heterocycles. The minimum absolute atomic E-state index is 0.103. The van der Waals surface area contributed by atoms with Crippen molar-refractivity contribution >= 4 is 0 Å². The highest BCUT2D eigenvalue weighted by atomic mass is 16.5. The molecule has 0 bridgehead atoms. The van der Waals surface area contributed by atoms with Crippen LogP contribution in [0.5, 0.6) is 11.5 Å². The first-order valence-corrected chi connectivity index (χ1v) is 8.80. The van der Waals surface area contributed by atoms with Gasteiger partial charge in [-0.2, -0.15) is 5.26 Å². The van der Waals surface area contributed by atoms with Gasteiger partial charge in [0.15, 0.2) is 0 Å². The van der Waals surface area contributed by atoms with Gasteiger partial charge < -0.3 is 4.74 Å². The van der Waals surface area contributed by atoms with Crippen LogP contribution in [0.2, 0.25) is 0 Å². The van der Waals surface area contributed by atoms with Gasteiger partial charge in [0.05, 0.1) is 5.56 Å². The number of terminal acetylenes is 1. The van der Waals surface area contributed by atoms with Crippen LogP contribution in [-0.2, 0) is 5.41 Å². The van der Waals surface area contributed by atoms with Gasteiger partial charge in [-0.05, 0) is 48.4 Å². The van der Waals surface area contributed by atoms with Gasteiger partial charge in [0, 0.05) is 11.0 Å². The molecule has 0 N–H and O–H groups in total. The van der Waals surface area contributed by atoms with Crippen molar-refractivity contribution in [2.45, 2.75) is 26.2 Å². The van der Waals surface area contributed by atoms with Gasteiger partial charge in [-0.25, -0.2) is 0 Å². The van der Waals surface area contributed by atoms with Crippen LogP contribution in [0.1, 0.15) is 41.7 Å². The molecule has 0 spiro atoms. The second kappa shape index (κ2) is 7.40. The van der Waals surface area contributed by atoms with Gasteiger partial charge in [-0.1, -0.05) is 61.7 Å². The normalized spacial score (nSPS) is 10.7. The molecule has 0 heterocycles. The fraction of sp³-hybridized carbons (Fsp3) is 0.160. The molecule has 27 heavy (non-hydrogen) atoms. The maximum atomic E-state index is 9.19. The Morgan fingerprint density at radius 3 is 1.93 bits per heavy atom. The van der Waals surface area contributed by atoms with Gasteiger partial charge in [0.2, 0.25) is 0 Å². The number of nitrogens with zero attached hydrogens (tertiary/aromatic N) is 1. The van der Waals surface area contributed by atoms with Gasteiger partial charge in [-0.3, -0.25) is 0 Å². The molecular formula is C25H21NO. The molecule has 0 amide bonds. The first kappa shape index (κ1) is 18.3. The van der Waals surface area contributed by atoms with E-state index in [0.717, 1.165) is 5.75 Å². The third kappa shape index (κ3) is 3.86. The number of hydrogen-bond acceptors (Lipinski definition) is 2. The molecule has 0 aliphatic carbocycles. The minimum Gasteiger partial charge on any atom is -0.457 e. The molecule has 0 radical (unpaired) electrons. The van der Waals surface area contributed by atoms with Crippen LogP contribution < -0.4 is 4.74 Å². The van der Waals surface area contributed by atoms with Crippen LogP contribution in [0.4, 0.5) is 0 Å². The Labute approximate surface area is 161 Å². The standard InChI is InChI=1S/C25H21NO/c1-5-19-8-13-24(16-20(19)17-26)27-23-14-11-22(12-15-23)25(3,4)21-9-6-18(2)7-10-21/h1,6-16H,2-4H3. The third-order valence-corrected chi connectivity index (χ3v) is 4.85. The molecule has 0 saturated carbocycles. The van der Waals surface area contributed by atoms with Crippen molar-refractivity contribution in [3.05, 3.63) is 94.5 Å². The topological polar surface area (TPSA) is 33.0 Å². The van der Waals surface area contributed by atoms with E-state index in [1.807, 2.05) is 12.1 Å². The van der Waals surface area contributed by atoms with Crippen LogP contribution in [-0.4, -0.2) is 0 Å². The Bertz CT molecular complexity index is 1030. The third-order valence-electron chi connectivity index (χ3n) is 4.85. The molecule has 2 heteroatoms. The van der Waals surface area contributed by atoms with Crippen molar-refractivity contribution in [3.63, 3.8) is 0 Å². The predicted molar refractivity (Wildman–Crippen MR) is 109 cm³/mol. The Morgan fingerprint density at radius 2 is 1.37 bits per heavy atom. The van der Waals surface area contributed by atoms with Gasteiger partial charge >= 0.3 is 0 Å². The number of ether oxygens (including phenoxy) is 1. The predicted octanol–water partition coefficient (Wildman–Crippen LogP) is 5.97. The zero-order valence-corrected chi connectivity index (χ0v) is 15.8. The average Bonchev–Trinajstić information content (AvgIpc) is 2.68. The summed E-state index contributed by atoms with van der Waals surface area (Å²) in [6.07, 6.45) is 5.40. The van der Waals surface area contributed by atoms with E-state index in [4.69, 9.17) is 11.2 Å². The van der Waals surface area contributed by atoms with Crippen LogP contribution in [0, 0.1) is 30.6 Å². The maximum absolute atomic E-state index is 9.19. The van der Waals surface area contributed by atoms with Crippen LogP contribution in [0.15, 0.2) is 66.7 Å². The van der Waals surface area contributed by atoms with Crippen LogP contribution in [0.25, 0.3) is 0 Å². The van der Waals surface area contributed by atoms with E-state index in [2.05, 4.69) is 69.2 Å². The molecule has 0 aliphatic heterocycles. The number of aryl methyl sites for hydroxylation is 1. The quantitative estimate of drug-likeness (QED) is 0.543. The highest BCUT2D eigenvalue weighted by molar-refractivity contribution is 5.51. The Balaban J connectivity index is 1.82. The number of benzene rings is 3. The number of nitriles is 1. The van der Waals surface area contributed by atoms with E-state index in [1.165, 1.54) is 16.7 Å². The van der Waals surface area contributed by atoms with Crippen molar-refractivity contribution in [2.24, 2.45) is 0 Å². The van der Waals surface area contributed by atoms with E-state index in [9.17, 15) is 5.26 Å². The molecule has 3 aromatic rings. The number of rotatable bonds is 4. The van der Waals surface area contributed by atoms with Crippen molar-refractivity contribution in [3.8, 4) is 29.9 Å². The Morgan fingerprint density at radius 1 is 0.815 bits per heavy atom. The van der Waals surface area contributed by atoms with Crippen molar-refractivity contribution in [1.29, 1.82) is 5.26 Å². The average molecular weight is 351 g/mol. The molecule has 2 nitrogen and oxygen atoms in total. The van der Waals surface area contributed by atoms with E-state index < -0.39 is 0 Å². The summed E-state index contributed by atoms with van der Waals surface area (Å²) in [4.78, 5) is 0. The first-order chi connectivity index (χ1) is 12.9. The summed E-state index contributed by atoms with van der Waals surface area (Å²) >= 11 is 0. The summed E-state index contributed by atoms with van der Waals surface area (Å²) < 4.78 is 5.89. The Kier molecular flexibility index (Phi) is 5.02. The molecule has 3 rings (SSSR count). The largest absolute Gasteiger partial charge is 0.457 e. The molecular weight excluding hydrogens is 330 g/mol. The molecule has 3 aromatic carbocycles. The first-order valence-electron chi connectivity index (χ1n) is 8.80. The summed E-state index contributed by atoms with van der Waals surface area (Å²) in [7, 11) is 0. The highest BCUT2D eigenvalue weighted by Crippen LogP contribution is 2.33.